The third-order valence-corrected chi connectivity index (χ3v) is 6.62. The number of nitro groups is 1. The fourth-order valence-electron chi connectivity index (χ4n) is 2.82. The number of sulfonamides is 1. The zero-order valence-electron chi connectivity index (χ0n) is 16.3. The standard InChI is InChI=1S/C20H18N2O7S2/c1-2-29-19(23)12-30-18-11-17(15-5-3-4-6-16(15)20(18)24)21-31(27,28)14-9-7-13(8-10-14)22(25)26/h3-11,21,24H,2,12H2,1H3. The summed E-state index contributed by atoms with van der Waals surface area (Å²) in [6.07, 6.45) is 0. The number of carbonyl (C=O) groups excluding carboxylic acids is 1. The smallest absolute Gasteiger partial charge is 0.316 e. The second kappa shape index (κ2) is 9.23. The Balaban J connectivity index is 1.99. The Bertz CT molecular complexity index is 1240. The third-order valence-electron chi connectivity index (χ3n) is 4.23. The number of hydrogen-bond donors (Lipinski definition) is 2. The van der Waals surface area contributed by atoms with E-state index in [-0.39, 0.29) is 34.4 Å². The van der Waals surface area contributed by atoms with Crippen molar-refractivity contribution in [1.82, 2.24) is 0 Å². The lowest BCUT2D eigenvalue weighted by atomic mass is 10.1. The van der Waals surface area contributed by atoms with Gasteiger partial charge in [0.15, 0.2) is 0 Å². The summed E-state index contributed by atoms with van der Waals surface area (Å²) in [5.74, 6) is -0.606. The summed E-state index contributed by atoms with van der Waals surface area (Å²) in [6.45, 7) is 1.91. The van der Waals surface area contributed by atoms with Gasteiger partial charge in [-0.15, -0.1) is 11.8 Å². The van der Waals surface area contributed by atoms with E-state index in [1.165, 1.54) is 6.07 Å². The minimum atomic E-state index is -4.07. The molecule has 0 aliphatic rings. The summed E-state index contributed by atoms with van der Waals surface area (Å²) in [5, 5.41) is 22.3. The molecule has 3 rings (SSSR count). The van der Waals surface area contributed by atoms with Crippen LogP contribution >= 0.6 is 11.8 Å². The molecule has 9 nitrogen and oxygen atoms in total. The molecule has 31 heavy (non-hydrogen) atoms. The number of nitro benzene ring substituents is 1. The molecule has 0 radical (unpaired) electrons. The molecular formula is C20H18N2O7S2. The lowest BCUT2D eigenvalue weighted by molar-refractivity contribution is -0.384. The van der Waals surface area contributed by atoms with Crippen molar-refractivity contribution in [3.8, 4) is 5.75 Å². The number of esters is 1. The van der Waals surface area contributed by atoms with Crippen LogP contribution in [0.4, 0.5) is 11.4 Å². The second-order valence-corrected chi connectivity index (χ2v) is 8.97. The van der Waals surface area contributed by atoms with Crippen molar-refractivity contribution in [2.75, 3.05) is 17.1 Å². The molecule has 0 amide bonds. The maximum absolute atomic E-state index is 12.8. The van der Waals surface area contributed by atoms with Gasteiger partial charge in [-0.2, -0.15) is 0 Å². The molecule has 0 saturated heterocycles. The van der Waals surface area contributed by atoms with Crippen LogP contribution in [-0.4, -0.2) is 36.8 Å². The molecule has 3 aromatic rings. The molecule has 0 fully saturated rings. The van der Waals surface area contributed by atoms with E-state index in [0.717, 1.165) is 36.0 Å². The number of nitrogens with one attached hydrogen (secondary N) is 1. The van der Waals surface area contributed by atoms with Gasteiger partial charge in [-0.25, -0.2) is 8.42 Å². The summed E-state index contributed by atoms with van der Waals surface area (Å²) in [6, 6.07) is 12.6. The Kier molecular flexibility index (Phi) is 6.66. The topological polar surface area (TPSA) is 136 Å². The van der Waals surface area contributed by atoms with E-state index in [9.17, 15) is 28.4 Å². The van der Waals surface area contributed by atoms with Gasteiger partial charge in [-0.05, 0) is 25.1 Å². The average Bonchev–Trinajstić information content (AvgIpc) is 2.75. The number of benzene rings is 3. The van der Waals surface area contributed by atoms with Gasteiger partial charge in [-0.3, -0.25) is 19.6 Å². The van der Waals surface area contributed by atoms with Gasteiger partial charge in [0, 0.05) is 22.9 Å². The predicted octanol–water partition coefficient (Wildman–Crippen LogP) is 3.91. The molecule has 2 N–H and O–H groups in total. The molecule has 0 saturated carbocycles. The molecule has 3 aromatic carbocycles. The van der Waals surface area contributed by atoms with E-state index >= 15 is 0 Å². The van der Waals surface area contributed by atoms with Crippen LogP contribution in [0.15, 0.2) is 64.4 Å². The largest absolute Gasteiger partial charge is 0.506 e. The Morgan fingerprint density at radius 2 is 1.81 bits per heavy atom. The van der Waals surface area contributed by atoms with E-state index in [2.05, 4.69) is 4.72 Å². The molecule has 0 aliphatic carbocycles. The maximum atomic E-state index is 12.8. The molecule has 0 unspecified atom stereocenters. The highest BCUT2D eigenvalue weighted by molar-refractivity contribution is 8.00. The first kappa shape index (κ1) is 22.4. The number of carbonyl (C=O) groups is 1. The lowest BCUT2D eigenvalue weighted by Crippen LogP contribution is -2.13. The van der Waals surface area contributed by atoms with Crippen molar-refractivity contribution in [2.24, 2.45) is 0 Å². The third kappa shape index (κ3) is 5.06. The number of aromatic hydroxyl groups is 1. The van der Waals surface area contributed by atoms with Gasteiger partial charge in [-0.1, -0.05) is 24.3 Å². The molecule has 162 valence electrons. The number of rotatable bonds is 8. The Morgan fingerprint density at radius 1 is 1.16 bits per heavy atom. The number of non-ortho nitro benzene ring substituents is 1. The molecular weight excluding hydrogens is 444 g/mol. The zero-order valence-corrected chi connectivity index (χ0v) is 17.9. The van der Waals surface area contributed by atoms with Crippen LogP contribution in [0.25, 0.3) is 10.8 Å². The lowest BCUT2D eigenvalue weighted by Gasteiger charge is -2.15. The van der Waals surface area contributed by atoms with E-state index < -0.39 is 20.9 Å². The van der Waals surface area contributed by atoms with Crippen LogP contribution in [0.1, 0.15) is 6.92 Å². The first-order valence-corrected chi connectivity index (χ1v) is 11.5. The summed E-state index contributed by atoms with van der Waals surface area (Å²) in [7, 11) is -4.07. The van der Waals surface area contributed by atoms with E-state index in [1.54, 1.807) is 31.2 Å². The number of phenolic OH excluding ortho intramolecular Hbond substituents is 1. The molecule has 0 heterocycles. The SMILES string of the molecule is CCOC(=O)CSc1cc(NS(=O)(=O)c2ccc([N+](=O)[O-])cc2)c2ccccc2c1O. The minimum absolute atomic E-state index is 0.0612. The van der Waals surface area contributed by atoms with Crippen LogP contribution in [0, 0.1) is 10.1 Å². The van der Waals surface area contributed by atoms with Crippen molar-refractivity contribution in [2.45, 2.75) is 16.7 Å². The quantitative estimate of drug-likeness (QED) is 0.169. The van der Waals surface area contributed by atoms with Crippen LogP contribution in [0.3, 0.4) is 0 Å². The fraction of sp³-hybridized carbons (Fsp3) is 0.150. The number of anilines is 1. The van der Waals surface area contributed by atoms with E-state index in [1.807, 2.05) is 0 Å². The van der Waals surface area contributed by atoms with Crippen molar-refractivity contribution in [1.29, 1.82) is 0 Å². The second-order valence-electron chi connectivity index (χ2n) is 6.27. The highest BCUT2D eigenvalue weighted by Crippen LogP contribution is 2.40. The van der Waals surface area contributed by atoms with Crippen molar-refractivity contribution in [3.63, 3.8) is 0 Å². The highest BCUT2D eigenvalue weighted by Gasteiger charge is 2.20. The summed E-state index contributed by atoms with van der Waals surface area (Å²) < 4.78 is 33.1. The zero-order chi connectivity index (χ0) is 22.6. The van der Waals surface area contributed by atoms with Gasteiger partial charge in [0.2, 0.25) is 0 Å². The van der Waals surface area contributed by atoms with Gasteiger partial charge in [0.05, 0.1) is 32.8 Å². The molecule has 0 aliphatic heterocycles. The molecule has 0 bridgehead atoms. The summed E-state index contributed by atoms with van der Waals surface area (Å²) >= 11 is 1.02. The van der Waals surface area contributed by atoms with E-state index in [0.29, 0.717) is 15.7 Å². The number of nitrogens with zero attached hydrogens (tertiary/aromatic N) is 1. The number of fused-ring (bicyclic) bond motifs is 1. The number of phenols is 1. The van der Waals surface area contributed by atoms with Gasteiger partial charge in [0.1, 0.15) is 5.75 Å². The van der Waals surface area contributed by atoms with Crippen LogP contribution in [-0.2, 0) is 19.6 Å². The van der Waals surface area contributed by atoms with Crippen molar-refractivity contribution >= 4 is 49.9 Å². The average molecular weight is 463 g/mol. The minimum Gasteiger partial charge on any atom is -0.506 e. The number of ether oxygens (including phenoxy) is 1. The monoisotopic (exact) mass is 462 g/mol. The molecule has 0 atom stereocenters. The van der Waals surface area contributed by atoms with E-state index in [4.69, 9.17) is 4.74 Å². The van der Waals surface area contributed by atoms with Gasteiger partial charge < -0.3 is 9.84 Å². The first-order chi connectivity index (χ1) is 14.7. The van der Waals surface area contributed by atoms with Crippen LogP contribution < -0.4 is 4.72 Å². The molecule has 0 spiro atoms. The molecule has 0 aromatic heterocycles. The van der Waals surface area contributed by atoms with Crippen LogP contribution in [0.2, 0.25) is 0 Å². The highest BCUT2D eigenvalue weighted by atomic mass is 32.2. The van der Waals surface area contributed by atoms with Crippen molar-refractivity contribution in [3.05, 3.63) is 64.7 Å². The summed E-state index contributed by atoms with van der Waals surface area (Å²) in [4.78, 5) is 22.0. The predicted molar refractivity (Wildman–Crippen MR) is 117 cm³/mol. The first-order valence-electron chi connectivity index (χ1n) is 9.03. The normalized spacial score (nSPS) is 11.3. The molecule has 11 heteroatoms. The van der Waals surface area contributed by atoms with Gasteiger partial charge >= 0.3 is 5.97 Å². The van der Waals surface area contributed by atoms with Crippen LogP contribution in [0.5, 0.6) is 5.75 Å². The van der Waals surface area contributed by atoms with Gasteiger partial charge in [0.25, 0.3) is 15.7 Å². The number of thioether (sulfide) groups is 1. The fourth-order valence-corrected chi connectivity index (χ4v) is 4.69. The van der Waals surface area contributed by atoms with Crippen molar-refractivity contribution < 1.29 is 28.0 Å². The summed E-state index contributed by atoms with van der Waals surface area (Å²) in [5.41, 5.74) is -0.0372. The Hall–Kier alpha value is -3.31. The Labute approximate surface area is 182 Å². The maximum Gasteiger partial charge on any atom is 0.316 e. The number of hydrogen-bond acceptors (Lipinski definition) is 8. The Morgan fingerprint density at radius 3 is 2.42 bits per heavy atom.